The van der Waals surface area contributed by atoms with E-state index in [-0.39, 0.29) is 73.7 Å². The number of aliphatic hydroxyl groups is 1. The van der Waals surface area contributed by atoms with E-state index >= 15 is 33.6 Å². The molecule has 5 N–H and O–H groups in total. The highest BCUT2D eigenvalue weighted by Crippen LogP contribution is 2.35. The molecular weight excluding hydrogens is 1340 g/mol. The molecule has 27 heteroatoms. The van der Waals surface area contributed by atoms with Crippen LogP contribution in [-0.4, -0.2) is 268 Å². The molecule has 2 saturated heterocycles. The minimum atomic E-state index is -1.65. The second-order valence-corrected chi connectivity index (χ2v) is 33.6. The third-order valence-corrected chi connectivity index (χ3v) is 22.5. The summed E-state index contributed by atoms with van der Waals surface area (Å²) in [6.07, 6.45) is 12.5. The fraction of sp³-hybridized carbons (Fsp3) is 0.842. The molecule has 0 aromatic heterocycles. The second kappa shape index (κ2) is 40.5. The average Bonchev–Trinajstić information content (AvgIpc) is 0.820. The van der Waals surface area contributed by atoms with Crippen LogP contribution >= 0.6 is 11.6 Å². The van der Waals surface area contributed by atoms with Crippen molar-refractivity contribution >= 4 is 82.5 Å². The SMILES string of the molecule is CC(C)C[C@H]1C(=O)N[C@@H]([C@@H](C)O)C(=O)N(C)CC(=O)N(C)[C@@H](C(C)C)C(=O)N[C@@H](CC2CCCCC2)C(=O)N(C)[C@@H](CC2CCCC(Cl)C2)C(=O)N(C)[C@@H](CC(C)C)C(=O)N(C)[C@H](C(=O)N2CCCCC2)CC(=O)N(C)[C@H](C)C(=O)N[C@@H](CC2CCCCC2)C(=O)N[C@@H](COC(C)(C)C)C(=O)N1C. The lowest BCUT2D eigenvalue weighted by Crippen LogP contribution is -2.62. The molecule has 2 unspecified atom stereocenters. The molecule has 3 saturated carbocycles. The number of rotatable bonds is 15. The minimum absolute atomic E-state index is 0.00945. The Hall–Kier alpha value is -6.15. The fourth-order valence-corrected chi connectivity index (χ4v) is 16.0. The maximum Gasteiger partial charge on any atom is 0.248 e. The molecule has 13 atom stereocenters. The van der Waals surface area contributed by atoms with Gasteiger partial charge >= 0.3 is 0 Å². The maximum atomic E-state index is 15.9. The Bertz CT molecular complexity index is 2870. The Kier molecular flexibility index (Phi) is 34.4. The van der Waals surface area contributed by atoms with Crippen molar-refractivity contribution < 1.29 is 67.4 Å². The Morgan fingerprint density at radius 3 is 1.52 bits per heavy atom. The molecule has 5 aliphatic rings. The summed E-state index contributed by atoms with van der Waals surface area (Å²) < 4.78 is 6.18. The summed E-state index contributed by atoms with van der Waals surface area (Å²) in [4.78, 5) is 192. The number of piperidine rings is 1. The van der Waals surface area contributed by atoms with E-state index in [0.717, 1.165) is 99.7 Å². The average molecular weight is 1470 g/mol. The first-order valence-electron chi connectivity index (χ1n) is 38.5. The summed E-state index contributed by atoms with van der Waals surface area (Å²) in [6.45, 7) is 18.8. The van der Waals surface area contributed by atoms with E-state index in [9.17, 15) is 29.1 Å². The van der Waals surface area contributed by atoms with Gasteiger partial charge in [-0.25, -0.2) is 0 Å². The number of carbonyl (C=O) groups is 12. The van der Waals surface area contributed by atoms with Crippen LogP contribution < -0.4 is 21.3 Å². The van der Waals surface area contributed by atoms with Crippen molar-refractivity contribution in [2.45, 2.75) is 301 Å². The number of likely N-dealkylation sites (tertiary alicyclic amines) is 1. The number of hydrogen-bond donors (Lipinski definition) is 5. The van der Waals surface area contributed by atoms with Crippen LogP contribution in [0.2, 0.25) is 0 Å². The van der Waals surface area contributed by atoms with Gasteiger partial charge in [-0.2, -0.15) is 0 Å². The Morgan fingerprint density at radius 2 is 0.990 bits per heavy atom. The lowest BCUT2D eigenvalue weighted by molar-refractivity contribution is -0.156. The molecule has 3 aliphatic carbocycles. The molecule has 2 aliphatic heterocycles. The monoisotopic (exact) mass is 1470 g/mol. The first-order chi connectivity index (χ1) is 48.2. The first-order valence-corrected chi connectivity index (χ1v) is 39.0. The first kappa shape index (κ1) is 87.5. The number of alkyl halides is 1. The van der Waals surface area contributed by atoms with E-state index in [1.165, 1.54) is 87.7 Å². The van der Waals surface area contributed by atoms with Gasteiger partial charge in [0.05, 0.1) is 31.3 Å². The third kappa shape index (κ3) is 25.5. The van der Waals surface area contributed by atoms with Gasteiger partial charge in [0.15, 0.2) is 0 Å². The quantitative estimate of drug-likeness (QED) is 0.120. The van der Waals surface area contributed by atoms with Gasteiger partial charge in [-0.15, -0.1) is 11.6 Å². The molecular formula is C76H131ClN12O14. The molecule has 0 bridgehead atoms. The van der Waals surface area contributed by atoms with Gasteiger partial charge < -0.3 is 70.3 Å². The largest absolute Gasteiger partial charge is 0.391 e. The molecule has 2 heterocycles. The summed E-state index contributed by atoms with van der Waals surface area (Å²) in [5.41, 5.74) is -0.840. The highest BCUT2D eigenvalue weighted by atomic mass is 35.5. The Balaban J connectivity index is 1.69. The predicted molar refractivity (Wildman–Crippen MR) is 395 cm³/mol. The van der Waals surface area contributed by atoms with Crippen LogP contribution in [0.4, 0.5) is 0 Å². The summed E-state index contributed by atoms with van der Waals surface area (Å²) in [5, 5.41) is 22.6. The van der Waals surface area contributed by atoms with Crippen LogP contribution in [0.5, 0.6) is 0 Å². The molecule has 0 aromatic rings. The molecule has 0 radical (unpaired) electrons. The van der Waals surface area contributed by atoms with Gasteiger partial charge in [-0.05, 0) is 134 Å². The normalized spacial score (nSPS) is 29.4. The molecule has 0 spiro atoms. The molecule has 26 nitrogen and oxygen atoms in total. The molecule has 12 amide bonds. The van der Waals surface area contributed by atoms with Crippen LogP contribution in [0.25, 0.3) is 0 Å². The Labute approximate surface area is 620 Å². The number of likely N-dealkylation sites (N-methyl/N-ethyl adjacent to an activating group) is 7. The van der Waals surface area contributed by atoms with Crippen molar-refractivity contribution in [3.8, 4) is 0 Å². The Morgan fingerprint density at radius 1 is 0.505 bits per heavy atom. The van der Waals surface area contributed by atoms with Crippen molar-refractivity contribution in [2.24, 2.45) is 35.5 Å². The van der Waals surface area contributed by atoms with E-state index in [1.54, 1.807) is 39.5 Å². The number of hydrogen-bond acceptors (Lipinski definition) is 14. The zero-order chi connectivity index (χ0) is 77.1. The topological polar surface area (TPSA) is 308 Å². The van der Waals surface area contributed by atoms with Crippen molar-refractivity contribution in [2.75, 3.05) is 75.6 Å². The van der Waals surface area contributed by atoms with Crippen molar-refractivity contribution in [1.29, 1.82) is 0 Å². The number of nitrogens with one attached hydrogen (secondary N) is 4. The van der Waals surface area contributed by atoms with Crippen LogP contribution in [-0.2, 0) is 62.3 Å². The van der Waals surface area contributed by atoms with Crippen LogP contribution in [0.15, 0.2) is 0 Å². The minimum Gasteiger partial charge on any atom is -0.391 e. The fourth-order valence-electron chi connectivity index (χ4n) is 15.6. The van der Waals surface area contributed by atoms with Gasteiger partial charge in [0.1, 0.15) is 60.4 Å². The van der Waals surface area contributed by atoms with Gasteiger partial charge in [0.25, 0.3) is 0 Å². The van der Waals surface area contributed by atoms with Crippen molar-refractivity contribution in [3.05, 3.63) is 0 Å². The van der Waals surface area contributed by atoms with Crippen molar-refractivity contribution in [1.82, 2.24) is 60.5 Å². The summed E-state index contributed by atoms with van der Waals surface area (Å²) >= 11 is 6.85. The summed E-state index contributed by atoms with van der Waals surface area (Å²) in [6, 6.07) is -13.1. The van der Waals surface area contributed by atoms with Crippen LogP contribution in [0.3, 0.4) is 0 Å². The summed E-state index contributed by atoms with van der Waals surface area (Å²) in [5.74, 6) is -9.25. The molecule has 103 heavy (non-hydrogen) atoms. The zero-order valence-corrected chi connectivity index (χ0v) is 66.5. The summed E-state index contributed by atoms with van der Waals surface area (Å²) in [7, 11) is 10.0. The molecule has 5 fully saturated rings. The van der Waals surface area contributed by atoms with Crippen LogP contribution in [0.1, 0.15) is 224 Å². The van der Waals surface area contributed by atoms with E-state index in [0.29, 0.717) is 32.4 Å². The molecule has 5 rings (SSSR count). The van der Waals surface area contributed by atoms with E-state index in [1.807, 2.05) is 27.7 Å². The number of nitrogens with zero attached hydrogens (tertiary/aromatic N) is 8. The zero-order valence-electron chi connectivity index (χ0n) is 65.7. The standard InChI is InChI=1S/C76H131ClN12O14/c1-46(2)37-58-68(95)81-64(50(8)90)75(102)82(12)44-63(92)88(18)65(48(5)6)69(96)79-56(41-52-31-24-20-25-32-52)70(97)85(15)60(42-53-33-28-34-54(77)39-53)73(100)86(16)59(38-47(3)4)72(99)87(17)61(74(101)89-35-26-21-27-36-89)43-62(91)83(13)49(7)66(93)78-55(40-51-29-22-19-23-30-51)67(94)80-57(71(98)84(58)14)45-103-76(9,10)11/h46-61,64-65,90H,19-45H2,1-18H3,(H,78,93)(H,79,96)(H,80,94)(H,81,95)/t49-,50-,53?,54?,55+,56+,57+,58+,59+,60+,61+,64+,65+/m1/s1. The van der Waals surface area contributed by atoms with E-state index in [2.05, 4.69) is 21.3 Å². The highest BCUT2D eigenvalue weighted by molar-refractivity contribution is 6.20. The predicted octanol–water partition coefficient (Wildman–Crippen LogP) is 5.85. The lowest BCUT2D eigenvalue weighted by Gasteiger charge is -2.41. The van der Waals surface area contributed by atoms with Gasteiger partial charge in [0, 0.05) is 67.8 Å². The van der Waals surface area contributed by atoms with Gasteiger partial charge in [-0.1, -0.05) is 119 Å². The molecule has 0 aromatic carbocycles. The van der Waals surface area contributed by atoms with Gasteiger partial charge in [0.2, 0.25) is 70.9 Å². The number of halogens is 1. The lowest BCUT2D eigenvalue weighted by atomic mass is 9.83. The number of amides is 12. The van der Waals surface area contributed by atoms with Crippen molar-refractivity contribution in [3.63, 3.8) is 0 Å². The second-order valence-electron chi connectivity index (χ2n) is 33.0. The van der Waals surface area contributed by atoms with Gasteiger partial charge in [-0.3, -0.25) is 57.5 Å². The number of carbonyl (C=O) groups excluding carboxylic acids is 12. The number of aliphatic hydroxyl groups excluding tert-OH is 1. The maximum absolute atomic E-state index is 15.9. The van der Waals surface area contributed by atoms with E-state index in [4.69, 9.17) is 16.3 Å². The highest BCUT2D eigenvalue weighted by Gasteiger charge is 2.46. The molecule has 586 valence electrons. The van der Waals surface area contributed by atoms with E-state index < -0.39 is 162 Å². The third-order valence-electron chi connectivity index (χ3n) is 22.1. The smallest absolute Gasteiger partial charge is 0.248 e. The van der Waals surface area contributed by atoms with Crippen LogP contribution in [0, 0.1) is 35.5 Å². The number of ether oxygens (including phenoxy) is 1.